The van der Waals surface area contributed by atoms with Crippen molar-refractivity contribution in [3.8, 4) is 0 Å². The third-order valence-electron chi connectivity index (χ3n) is 3.64. The molecule has 1 saturated carbocycles. The number of amides is 1. The van der Waals surface area contributed by atoms with Gasteiger partial charge in [-0.25, -0.2) is 0 Å². The highest BCUT2D eigenvalue weighted by atomic mass is 35.5. The fourth-order valence-electron chi connectivity index (χ4n) is 2.40. The molecule has 0 spiro atoms. The number of carbonyl (C=O) groups excluding carboxylic acids is 1. The molecule has 3 N–H and O–H groups in total. The number of benzene rings is 1. The predicted octanol–water partition coefficient (Wildman–Crippen LogP) is 3.25. The summed E-state index contributed by atoms with van der Waals surface area (Å²) < 4.78 is 0. The van der Waals surface area contributed by atoms with E-state index in [4.69, 9.17) is 17.3 Å². The molecule has 0 heterocycles. The van der Waals surface area contributed by atoms with E-state index >= 15 is 0 Å². The van der Waals surface area contributed by atoms with Crippen molar-refractivity contribution in [1.29, 1.82) is 0 Å². The third kappa shape index (κ3) is 2.68. The number of rotatable bonds is 2. The van der Waals surface area contributed by atoms with Gasteiger partial charge < -0.3 is 11.1 Å². The number of nitrogens with two attached hydrogens (primary N) is 1. The first-order valence-electron chi connectivity index (χ1n) is 6.38. The highest BCUT2D eigenvalue weighted by Crippen LogP contribution is 2.30. The molecule has 98 valence electrons. The average Bonchev–Trinajstić information content (AvgIpc) is 2.36. The fraction of sp³-hybridized carbons (Fsp3) is 0.500. The van der Waals surface area contributed by atoms with Crippen LogP contribution in [-0.2, 0) is 4.79 Å². The number of carbonyl (C=O) groups is 1. The molecule has 1 aromatic rings. The number of halogens is 1. The lowest BCUT2D eigenvalue weighted by atomic mass is 9.82. The van der Waals surface area contributed by atoms with Crippen molar-refractivity contribution in [1.82, 2.24) is 0 Å². The van der Waals surface area contributed by atoms with E-state index in [0.29, 0.717) is 10.7 Å². The van der Waals surface area contributed by atoms with E-state index in [-0.39, 0.29) is 5.91 Å². The highest BCUT2D eigenvalue weighted by Gasteiger charge is 2.35. The van der Waals surface area contributed by atoms with Crippen LogP contribution in [0.2, 0.25) is 5.02 Å². The maximum Gasteiger partial charge on any atom is 0.244 e. The predicted molar refractivity (Wildman–Crippen MR) is 74.8 cm³/mol. The lowest BCUT2D eigenvalue weighted by Crippen LogP contribution is -2.52. The Bertz CT molecular complexity index is 453. The molecular formula is C14H19ClN2O. The van der Waals surface area contributed by atoms with Gasteiger partial charge in [-0.15, -0.1) is 0 Å². The number of hydrogen-bond donors (Lipinski definition) is 2. The first kappa shape index (κ1) is 13.4. The smallest absolute Gasteiger partial charge is 0.244 e. The van der Waals surface area contributed by atoms with Gasteiger partial charge in [-0.2, -0.15) is 0 Å². The van der Waals surface area contributed by atoms with Gasteiger partial charge in [-0.05, 0) is 31.4 Å². The molecule has 1 aliphatic rings. The molecule has 0 aliphatic heterocycles. The molecule has 0 radical (unpaired) electrons. The largest absolute Gasteiger partial charge is 0.323 e. The van der Waals surface area contributed by atoms with Gasteiger partial charge >= 0.3 is 0 Å². The van der Waals surface area contributed by atoms with Gasteiger partial charge in [-0.3, -0.25) is 4.79 Å². The van der Waals surface area contributed by atoms with E-state index < -0.39 is 5.54 Å². The van der Waals surface area contributed by atoms with Gasteiger partial charge in [0.05, 0.1) is 16.2 Å². The van der Waals surface area contributed by atoms with E-state index in [1.165, 1.54) is 0 Å². The number of hydrogen-bond acceptors (Lipinski definition) is 2. The lowest BCUT2D eigenvalue weighted by molar-refractivity contribution is -0.122. The number of anilines is 1. The molecule has 18 heavy (non-hydrogen) atoms. The summed E-state index contributed by atoms with van der Waals surface area (Å²) in [4.78, 5) is 12.3. The Morgan fingerprint density at radius 2 is 2.00 bits per heavy atom. The molecule has 4 heteroatoms. The summed E-state index contributed by atoms with van der Waals surface area (Å²) in [7, 11) is 0. The Kier molecular flexibility index (Phi) is 3.93. The molecule has 0 unspecified atom stereocenters. The van der Waals surface area contributed by atoms with Crippen LogP contribution in [-0.4, -0.2) is 11.4 Å². The van der Waals surface area contributed by atoms with Crippen molar-refractivity contribution >= 4 is 23.2 Å². The minimum Gasteiger partial charge on any atom is -0.323 e. The summed E-state index contributed by atoms with van der Waals surface area (Å²) in [6.07, 6.45) is 4.71. The van der Waals surface area contributed by atoms with Crippen molar-refractivity contribution in [2.24, 2.45) is 5.73 Å². The molecular weight excluding hydrogens is 248 g/mol. The minimum absolute atomic E-state index is 0.116. The van der Waals surface area contributed by atoms with E-state index in [1.54, 1.807) is 6.07 Å². The summed E-state index contributed by atoms with van der Waals surface area (Å²) in [5, 5.41) is 3.45. The Morgan fingerprint density at radius 1 is 1.33 bits per heavy atom. The van der Waals surface area contributed by atoms with E-state index in [2.05, 4.69) is 5.32 Å². The second kappa shape index (κ2) is 5.29. The molecule has 0 atom stereocenters. The van der Waals surface area contributed by atoms with Crippen molar-refractivity contribution in [2.75, 3.05) is 5.32 Å². The molecule has 3 nitrogen and oxygen atoms in total. The zero-order chi connectivity index (χ0) is 13.2. The highest BCUT2D eigenvalue weighted by molar-refractivity contribution is 6.34. The van der Waals surface area contributed by atoms with Gasteiger partial charge in [0.25, 0.3) is 0 Å². The Balaban J connectivity index is 2.13. The van der Waals surface area contributed by atoms with Gasteiger partial charge in [0.1, 0.15) is 0 Å². The molecule has 0 bridgehead atoms. The second-order valence-corrected chi connectivity index (χ2v) is 5.49. The Hall–Kier alpha value is -1.06. The van der Waals surface area contributed by atoms with Gasteiger partial charge in [0, 0.05) is 0 Å². The van der Waals surface area contributed by atoms with Crippen LogP contribution in [0.5, 0.6) is 0 Å². The average molecular weight is 267 g/mol. The number of aryl methyl sites for hydroxylation is 1. The molecule has 1 amide bonds. The minimum atomic E-state index is -0.731. The number of nitrogens with one attached hydrogen (secondary N) is 1. The van der Waals surface area contributed by atoms with Crippen LogP contribution >= 0.6 is 11.6 Å². The SMILES string of the molecule is Cc1cccc(NC(=O)C2(N)CCCCC2)c1Cl. The second-order valence-electron chi connectivity index (χ2n) is 5.11. The van der Waals surface area contributed by atoms with E-state index in [1.807, 2.05) is 19.1 Å². The first-order valence-corrected chi connectivity index (χ1v) is 6.76. The topological polar surface area (TPSA) is 55.1 Å². The molecule has 0 saturated heterocycles. The molecule has 1 aromatic carbocycles. The van der Waals surface area contributed by atoms with Crippen LogP contribution in [0.4, 0.5) is 5.69 Å². The maximum absolute atomic E-state index is 12.3. The summed E-state index contributed by atoms with van der Waals surface area (Å²) in [5.41, 5.74) is 7.05. The first-order chi connectivity index (χ1) is 8.53. The molecule has 2 rings (SSSR count). The van der Waals surface area contributed by atoms with Crippen LogP contribution in [0.1, 0.15) is 37.7 Å². The zero-order valence-electron chi connectivity index (χ0n) is 10.6. The summed E-state index contributed by atoms with van der Waals surface area (Å²) >= 11 is 6.17. The third-order valence-corrected chi connectivity index (χ3v) is 4.14. The maximum atomic E-state index is 12.3. The zero-order valence-corrected chi connectivity index (χ0v) is 11.4. The van der Waals surface area contributed by atoms with E-state index in [9.17, 15) is 4.79 Å². The van der Waals surface area contributed by atoms with Crippen LogP contribution in [0.3, 0.4) is 0 Å². The fourth-order valence-corrected chi connectivity index (χ4v) is 2.57. The van der Waals surface area contributed by atoms with Crippen molar-refractivity contribution < 1.29 is 4.79 Å². The Morgan fingerprint density at radius 3 is 2.67 bits per heavy atom. The quantitative estimate of drug-likeness (QED) is 0.863. The van der Waals surface area contributed by atoms with Crippen LogP contribution < -0.4 is 11.1 Å². The monoisotopic (exact) mass is 266 g/mol. The molecule has 0 aromatic heterocycles. The van der Waals surface area contributed by atoms with Gasteiger partial charge in [-0.1, -0.05) is 43.0 Å². The van der Waals surface area contributed by atoms with Crippen LogP contribution in [0.25, 0.3) is 0 Å². The van der Waals surface area contributed by atoms with Crippen molar-refractivity contribution in [3.63, 3.8) is 0 Å². The van der Waals surface area contributed by atoms with Crippen LogP contribution in [0, 0.1) is 6.92 Å². The van der Waals surface area contributed by atoms with Crippen molar-refractivity contribution in [2.45, 2.75) is 44.6 Å². The normalized spacial score (nSPS) is 18.4. The van der Waals surface area contributed by atoms with Crippen molar-refractivity contribution in [3.05, 3.63) is 28.8 Å². The standard InChI is InChI=1S/C14H19ClN2O/c1-10-6-5-7-11(12(10)15)17-13(18)14(16)8-3-2-4-9-14/h5-7H,2-4,8-9,16H2,1H3,(H,17,18). The molecule has 1 aliphatic carbocycles. The van der Waals surface area contributed by atoms with Gasteiger partial charge in [0.2, 0.25) is 5.91 Å². The van der Waals surface area contributed by atoms with Crippen LogP contribution in [0.15, 0.2) is 18.2 Å². The van der Waals surface area contributed by atoms with Gasteiger partial charge in [0.15, 0.2) is 0 Å². The summed E-state index contributed by atoms with van der Waals surface area (Å²) in [6, 6.07) is 5.59. The van der Waals surface area contributed by atoms with E-state index in [0.717, 1.165) is 37.7 Å². The molecule has 1 fully saturated rings. The Labute approximate surface area is 113 Å². The lowest BCUT2D eigenvalue weighted by Gasteiger charge is -2.31. The summed E-state index contributed by atoms with van der Waals surface area (Å²) in [6.45, 7) is 1.91. The summed E-state index contributed by atoms with van der Waals surface area (Å²) in [5.74, 6) is -0.116.